The Morgan fingerprint density at radius 3 is 2.68 bits per heavy atom. The number of nitrogens with one attached hydrogen (secondary N) is 2. The van der Waals surface area contributed by atoms with Crippen molar-refractivity contribution in [2.75, 3.05) is 30.9 Å². The molecule has 2 amide bonds. The van der Waals surface area contributed by atoms with Crippen molar-refractivity contribution in [2.45, 2.75) is 39.7 Å². The Morgan fingerprint density at radius 2 is 2.10 bits per heavy atom. The predicted octanol–water partition coefficient (Wildman–Crippen LogP) is 2.27. The van der Waals surface area contributed by atoms with Crippen LogP contribution in [0.1, 0.15) is 34.1 Å². The Hall–Kier alpha value is -3.30. The minimum atomic E-state index is -0.846. The highest BCUT2D eigenvalue weighted by Crippen LogP contribution is 2.39. The van der Waals surface area contributed by atoms with Crippen LogP contribution in [-0.2, 0) is 15.1 Å². The van der Waals surface area contributed by atoms with Crippen molar-refractivity contribution < 1.29 is 9.59 Å². The van der Waals surface area contributed by atoms with Crippen LogP contribution >= 0.6 is 0 Å². The van der Waals surface area contributed by atoms with Crippen molar-refractivity contribution in [3.05, 3.63) is 24.7 Å². The molecule has 1 aliphatic heterocycles. The second-order valence-corrected chi connectivity index (χ2v) is 8.84. The van der Waals surface area contributed by atoms with E-state index < -0.39 is 11.0 Å². The monoisotopic (exact) mass is 426 g/mol. The van der Waals surface area contributed by atoms with E-state index in [9.17, 15) is 9.59 Å². The van der Waals surface area contributed by atoms with Crippen molar-refractivity contribution in [2.24, 2.45) is 11.3 Å². The molecule has 3 rings (SSSR count). The number of amides is 2. The second-order valence-electron chi connectivity index (χ2n) is 8.84. The lowest BCUT2D eigenvalue weighted by Gasteiger charge is -2.27. The van der Waals surface area contributed by atoms with Crippen LogP contribution in [0.5, 0.6) is 0 Å². The van der Waals surface area contributed by atoms with Gasteiger partial charge in [0, 0.05) is 39.2 Å². The molecule has 0 spiro atoms. The SMILES string of the molecule is CC(C)[C@]1(C=N)CCN(c2ccnc(Nc3cnn(C(C)(C)C(=O)N(C)C)c3)n2)C1=O. The highest BCUT2D eigenvalue weighted by atomic mass is 16.2. The van der Waals surface area contributed by atoms with Crippen molar-refractivity contribution in [1.82, 2.24) is 24.6 Å². The molecule has 2 aromatic rings. The fourth-order valence-corrected chi connectivity index (χ4v) is 3.84. The number of hydrogen-bond donors (Lipinski definition) is 2. The van der Waals surface area contributed by atoms with E-state index in [2.05, 4.69) is 20.4 Å². The third-order valence-corrected chi connectivity index (χ3v) is 5.94. The summed E-state index contributed by atoms with van der Waals surface area (Å²) in [5, 5.41) is 15.2. The van der Waals surface area contributed by atoms with Crippen LogP contribution in [-0.4, -0.2) is 63.3 Å². The number of aromatic nitrogens is 4. The third-order valence-electron chi connectivity index (χ3n) is 5.94. The molecule has 10 nitrogen and oxygen atoms in total. The molecule has 0 saturated carbocycles. The van der Waals surface area contributed by atoms with Gasteiger partial charge >= 0.3 is 0 Å². The molecule has 166 valence electrons. The number of carbonyl (C=O) groups excluding carboxylic acids is 2. The van der Waals surface area contributed by atoms with Crippen molar-refractivity contribution in [3.63, 3.8) is 0 Å². The first-order chi connectivity index (χ1) is 14.5. The van der Waals surface area contributed by atoms with E-state index in [1.807, 2.05) is 13.8 Å². The molecule has 1 aliphatic rings. The predicted molar refractivity (Wildman–Crippen MR) is 119 cm³/mol. The minimum Gasteiger partial charge on any atom is -0.347 e. The topological polar surface area (TPSA) is 120 Å². The van der Waals surface area contributed by atoms with Gasteiger partial charge in [0.15, 0.2) is 0 Å². The van der Waals surface area contributed by atoms with Gasteiger partial charge < -0.3 is 15.6 Å². The summed E-state index contributed by atoms with van der Waals surface area (Å²) in [6.07, 6.45) is 6.76. The third kappa shape index (κ3) is 3.89. The lowest BCUT2D eigenvalue weighted by molar-refractivity contribution is -0.137. The van der Waals surface area contributed by atoms with Gasteiger partial charge in [-0.2, -0.15) is 10.1 Å². The average Bonchev–Trinajstić information content (AvgIpc) is 3.32. The quantitative estimate of drug-likeness (QED) is 0.655. The van der Waals surface area contributed by atoms with Crippen LogP contribution in [0.4, 0.5) is 17.5 Å². The number of anilines is 3. The van der Waals surface area contributed by atoms with Gasteiger partial charge in [-0.1, -0.05) is 13.8 Å². The van der Waals surface area contributed by atoms with E-state index >= 15 is 0 Å². The Kier molecular flexibility index (Phi) is 5.84. The second kappa shape index (κ2) is 8.09. The maximum absolute atomic E-state index is 13.0. The van der Waals surface area contributed by atoms with Gasteiger partial charge in [-0.05, 0) is 32.3 Å². The molecular formula is C21H30N8O2. The molecule has 1 fully saturated rings. The van der Waals surface area contributed by atoms with Crippen molar-refractivity contribution >= 4 is 35.5 Å². The molecule has 0 bridgehead atoms. The molecule has 0 unspecified atom stereocenters. The van der Waals surface area contributed by atoms with Gasteiger partial charge in [-0.15, -0.1) is 0 Å². The number of rotatable bonds is 7. The molecule has 2 aromatic heterocycles. The van der Waals surface area contributed by atoms with E-state index in [4.69, 9.17) is 5.41 Å². The molecule has 1 atom stereocenters. The Balaban J connectivity index is 1.80. The summed E-state index contributed by atoms with van der Waals surface area (Å²) >= 11 is 0. The fourth-order valence-electron chi connectivity index (χ4n) is 3.84. The first kappa shape index (κ1) is 22.4. The van der Waals surface area contributed by atoms with Gasteiger partial charge in [0.2, 0.25) is 17.8 Å². The first-order valence-corrected chi connectivity index (χ1v) is 10.2. The number of nitrogens with zero attached hydrogens (tertiary/aromatic N) is 6. The highest BCUT2D eigenvalue weighted by Gasteiger charge is 2.48. The van der Waals surface area contributed by atoms with E-state index in [0.29, 0.717) is 30.4 Å². The molecule has 0 aliphatic carbocycles. The summed E-state index contributed by atoms with van der Waals surface area (Å²) < 4.78 is 1.59. The van der Waals surface area contributed by atoms with E-state index in [1.165, 1.54) is 11.1 Å². The van der Waals surface area contributed by atoms with Crippen LogP contribution < -0.4 is 10.2 Å². The van der Waals surface area contributed by atoms with E-state index in [1.54, 1.807) is 62.2 Å². The van der Waals surface area contributed by atoms with Crippen LogP contribution in [0.3, 0.4) is 0 Å². The number of carbonyl (C=O) groups is 2. The standard InChI is InChI=1S/C21H30N8O2/c1-14(2)21(13-22)8-10-28(18(21)31)16-7-9-23-19(26-16)25-15-11-24-29(12-15)20(3,4)17(30)27(5)6/h7,9,11-14,22H,8,10H2,1-6H3,(H,23,25,26)/t21-/m1/s1. The largest absolute Gasteiger partial charge is 0.347 e. The summed E-state index contributed by atoms with van der Waals surface area (Å²) in [4.78, 5) is 37.4. The van der Waals surface area contributed by atoms with Crippen molar-refractivity contribution in [1.29, 1.82) is 5.41 Å². The van der Waals surface area contributed by atoms with Gasteiger partial charge in [-0.3, -0.25) is 19.2 Å². The minimum absolute atomic E-state index is 0.0287. The highest BCUT2D eigenvalue weighted by molar-refractivity contribution is 6.08. The fraction of sp³-hybridized carbons (Fsp3) is 0.524. The molecular weight excluding hydrogens is 396 g/mol. The number of likely N-dealkylation sites (N-methyl/N-ethyl adjacent to an activating group) is 1. The van der Waals surface area contributed by atoms with Crippen molar-refractivity contribution in [3.8, 4) is 0 Å². The van der Waals surface area contributed by atoms with Crippen LogP contribution in [0.15, 0.2) is 24.7 Å². The zero-order valence-electron chi connectivity index (χ0n) is 18.9. The van der Waals surface area contributed by atoms with Gasteiger partial charge in [-0.25, -0.2) is 4.98 Å². The lowest BCUT2D eigenvalue weighted by atomic mass is 9.77. The zero-order valence-corrected chi connectivity index (χ0v) is 18.9. The van der Waals surface area contributed by atoms with Crippen LogP contribution in [0, 0.1) is 16.7 Å². The summed E-state index contributed by atoms with van der Waals surface area (Å²) in [5.74, 6) is 0.647. The molecule has 0 radical (unpaired) electrons. The van der Waals surface area contributed by atoms with Gasteiger partial charge in [0.05, 0.1) is 17.3 Å². The molecule has 10 heteroatoms. The number of hydrogen-bond acceptors (Lipinski definition) is 7. The van der Waals surface area contributed by atoms with Gasteiger partial charge in [0.25, 0.3) is 0 Å². The summed E-state index contributed by atoms with van der Waals surface area (Å²) in [7, 11) is 3.41. The lowest BCUT2D eigenvalue weighted by Crippen LogP contribution is -2.44. The van der Waals surface area contributed by atoms with Gasteiger partial charge in [0.1, 0.15) is 11.4 Å². The Morgan fingerprint density at radius 1 is 1.39 bits per heavy atom. The van der Waals surface area contributed by atoms with Crippen LogP contribution in [0.2, 0.25) is 0 Å². The summed E-state index contributed by atoms with van der Waals surface area (Å²) in [6.45, 7) is 8.01. The molecule has 2 N–H and O–H groups in total. The summed E-state index contributed by atoms with van der Waals surface area (Å²) in [5.41, 5.74) is -1.01. The van der Waals surface area contributed by atoms with E-state index in [-0.39, 0.29) is 17.7 Å². The Labute approximate surface area is 182 Å². The smallest absolute Gasteiger partial charge is 0.249 e. The maximum Gasteiger partial charge on any atom is 0.249 e. The van der Waals surface area contributed by atoms with Crippen LogP contribution in [0.25, 0.3) is 0 Å². The molecule has 31 heavy (non-hydrogen) atoms. The first-order valence-electron chi connectivity index (χ1n) is 10.2. The maximum atomic E-state index is 13.0. The van der Waals surface area contributed by atoms with E-state index in [0.717, 1.165) is 0 Å². The molecule has 0 aromatic carbocycles. The molecule has 3 heterocycles. The zero-order chi connectivity index (χ0) is 23.0. The average molecular weight is 427 g/mol. The Bertz CT molecular complexity index is 997. The normalized spacial score (nSPS) is 19.1. The summed E-state index contributed by atoms with van der Waals surface area (Å²) in [6, 6.07) is 1.69. The molecule has 1 saturated heterocycles.